The normalized spacial score (nSPS) is 15.6. The van der Waals surface area contributed by atoms with Crippen molar-refractivity contribution in [3.05, 3.63) is 103 Å². The molecular weight excluding hydrogens is 550 g/mol. The highest BCUT2D eigenvalue weighted by molar-refractivity contribution is 5.50. The standard InChI is InChI=1S/C24H32N4O2.C7H10.C4H9N.CH4O/c1-3-23(30)22(27-18-29)17-20-11-13-21(14-12-20)28-19(2)9-5-4-7-15-25-24-10-6-8-16-26-24;1-7-5-3-2-4-6-7;1-2-4-5-3-1;1-2/h3,6,8,10-14,16,18,22,28,30H,2,4-5,7,9,15,17H2,1H3,(H,25,26)(H,27,29);2-5,7H,6H2,1H3;5H,1-4H2;2H,1H3/b23-3+;;;. The van der Waals surface area contributed by atoms with Gasteiger partial charge in [0.15, 0.2) is 0 Å². The fraction of sp³-hybridized carbons (Fsp3) is 0.444. The average Bonchev–Trinajstić information content (AvgIpc) is 3.66. The number of carbonyl (C=O) groups is 1. The number of allylic oxidation sites excluding steroid dienone is 6. The molecule has 242 valence electrons. The Morgan fingerprint density at radius 3 is 2.36 bits per heavy atom. The van der Waals surface area contributed by atoms with Crippen LogP contribution in [0.3, 0.4) is 0 Å². The van der Waals surface area contributed by atoms with Gasteiger partial charge in [-0.3, -0.25) is 4.79 Å². The number of anilines is 2. The zero-order chi connectivity index (χ0) is 32.3. The zero-order valence-corrected chi connectivity index (χ0v) is 27.0. The molecule has 0 radical (unpaired) electrons. The number of pyridine rings is 1. The molecular formula is C36H55N5O3. The lowest BCUT2D eigenvalue weighted by atomic mass is 10.0. The molecule has 2 aromatic rings. The van der Waals surface area contributed by atoms with E-state index >= 15 is 0 Å². The van der Waals surface area contributed by atoms with E-state index in [9.17, 15) is 9.90 Å². The van der Waals surface area contributed by atoms with Gasteiger partial charge in [-0.25, -0.2) is 4.98 Å². The summed E-state index contributed by atoms with van der Waals surface area (Å²) in [5.74, 6) is 1.85. The molecule has 1 saturated heterocycles. The maximum absolute atomic E-state index is 10.7. The van der Waals surface area contributed by atoms with Gasteiger partial charge in [-0.1, -0.05) is 62.4 Å². The molecule has 6 N–H and O–H groups in total. The van der Waals surface area contributed by atoms with Gasteiger partial charge in [-0.05, 0) is 107 Å². The molecule has 0 bridgehead atoms. The van der Waals surface area contributed by atoms with Gasteiger partial charge in [0.25, 0.3) is 0 Å². The Balaban J connectivity index is 0.000000562. The third-order valence-corrected chi connectivity index (χ3v) is 6.92. The molecule has 2 atom stereocenters. The van der Waals surface area contributed by atoms with Gasteiger partial charge in [0.05, 0.1) is 6.04 Å². The number of aliphatic hydroxyl groups is 2. The molecule has 8 heteroatoms. The number of aliphatic hydroxyl groups excluding tert-OH is 2. The largest absolute Gasteiger partial charge is 0.510 e. The van der Waals surface area contributed by atoms with Gasteiger partial charge >= 0.3 is 0 Å². The predicted molar refractivity (Wildman–Crippen MR) is 186 cm³/mol. The molecule has 1 aromatic carbocycles. The predicted octanol–water partition coefficient (Wildman–Crippen LogP) is 6.92. The van der Waals surface area contributed by atoms with Gasteiger partial charge in [0.1, 0.15) is 11.6 Å². The Labute approximate surface area is 265 Å². The summed E-state index contributed by atoms with van der Waals surface area (Å²) in [5, 5.41) is 29.4. The Morgan fingerprint density at radius 2 is 1.84 bits per heavy atom. The zero-order valence-electron chi connectivity index (χ0n) is 27.0. The Kier molecular flexibility index (Phi) is 22.2. The van der Waals surface area contributed by atoms with Crippen molar-refractivity contribution in [2.24, 2.45) is 5.92 Å². The van der Waals surface area contributed by atoms with Crippen LogP contribution >= 0.6 is 0 Å². The summed E-state index contributed by atoms with van der Waals surface area (Å²) < 4.78 is 0. The Morgan fingerprint density at radius 1 is 1.09 bits per heavy atom. The first kappa shape index (κ1) is 38.1. The number of aromatic nitrogens is 1. The van der Waals surface area contributed by atoms with Crippen LogP contribution in [0.1, 0.15) is 64.4 Å². The van der Waals surface area contributed by atoms with Crippen LogP contribution in [-0.2, 0) is 11.2 Å². The summed E-state index contributed by atoms with van der Waals surface area (Å²) in [7, 11) is 1.00. The number of unbranched alkanes of at least 4 members (excludes halogenated alkanes) is 2. The first-order chi connectivity index (χ1) is 21.5. The van der Waals surface area contributed by atoms with Crippen LogP contribution in [0.5, 0.6) is 0 Å². The summed E-state index contributed by atoms with van der Waals surface area (Å²) in [5.41, 5.74) is 3.00. The average molecular weight is 606 g/mol. The van der Waals surface area contributed by atoms with Gasteiger partial charge in [-0.15, -0.1) is 0 Å². The molecule has 8 nitrogen and oxygen atoms in total. The van der Waals surface area contributed by atoms with Crippen molar-refractivity contribution < 1.29 is 15.0 Å². The molecule has 2 heterocycles. The topological polar surface area (TPSA) is 119 Å². The van der Waals surface area contributed by atoms with Crippen LogP contribution in [0.4, 0.5) is 11.5 Å². The number of carbonyl (C=O) groups excluding carboxylic acids is 1. The van der Waals surface area contributed by atoms with E-state index in [0.29, 0.717) is 12.8 Å². The van der Waals surface area contributed by atoms with Crippen LogP contribution in [0.25, 0.3) is 0 Å². The molecule has 0 spiro atoms. The monoisotopic (exact) mass is 605 g/mol. The van der Waals surface area contributed by atoms with Crippen LogP contribution < -0.4 is 21.3 Å². The summed E-state index contributed by atoms with van der Waals surface area (Å²) in [6.45, 7) is 11.5. The third-order valence-electron chi connectivity index (χ3n) is 6.92. The first-order valence-corrected chi connectivity index (χ1v) is 15.7. The number of rotatable bonds is 14. The second-order valence-corrected chi connectivity index (χ2v) is 10.6. The highest BCUT2D eigenvalue weighted by Crippen LogP contribution is 2.17. The quantitative estimate of drug-likeness (QED) is 0.0786. The van der Waals surface area contributed by atoms with E-state index in [1.54, 1.807) is 19.2 Å². The van der Waals surface area contributed by atoms with E-state index in [1.807, 2.05) is 42.5 Å². The number of hydrogen-bond acceptors (Lipinski definition) is 7. The van der Waals surface area contributed by atoms with Gasteiger partial charge < -0.3 is 31.5 Å². The number of benzene rings is 1. The molecule has 0 saturated carbocycles. The second-order valence-electron chi connectivity index (χ2n) is 10.6. The van der Waals surface area contributed by atoms with Crippen molar-refractivity contribution >= 4 is 17.9 Å². The minimum absolute atomic E-state index is 0.160. The van der Waals surface area contributed by atoms with Gasteiger partial charge in [-0.2, -0.15) is 0 Å². The number of nitrogens with zero attached hydrogens (tertiary/aromatic N) is 1. The minimum atomic E-state index is -0.409. The summed E-state index contributed by atoms with van der Waals surface area (Å²) in [6, 6.07) is 13.4. The summed E-state index contributed by atoms with van der Waals surface area (Å²) >= 11 is 0. The molecule has 1 aliphatic heterocycles. The summed E-state index contributed by atoms with van der Waals surface area (Å²) in [6.07, 6.45) is 21.4. The van der Waals surface area contributed by atoms with E-state index in [4.69, 9.17) is 5.11 Å². The number of hydrogen-bond donors (Lipinski definition) is 6. The molecule has 1 aliphatic carbocycles. The highest BCUT2D eigenvalue weighted by atomic mass is 16.3. The minimum Gasteiger partial charge on any atom is -0.510 e. The molecule has 2 aliphatic rings. The molecule has 1 aromatic heterocycles. The SMILES string of the molecule is C1CCNC1.C=C(CCCCCNc1ccccn1)Nc1ccc(CC(NC=O)/C(O)=C\C)cc1.CC1C=CC=CC1.CO. The number of nitrogens with one attached hydrogen (secondary N) is 4. The van der Waals surface area contributed by atoms with Crippen molar-refractivity contribution in [1.82, 2.24) is 15.6 Å². The van der Waals surface area contributed by atoms with Crippen molar-refractivity contribution in [2.45, 2.75) is 71.3 Å². The van der Waals surface area contributed by atoms with Crippen molar-refractivity contribution in [2.75, 3.05) is 37.4 Å². The fourth-order valence-corrected chi connectivity index (χ4v) is 4.41. The van der Waals surface area contributed by atoms with E-state index in [0.717, 1.165) is 68.0 Å². The van der Waals surface area contributed by atoms with Crippen LogP contribution in [0.2, 0.25) is 0 Å². The van der Waals surface area contributed by atoms with E-state index in [-0.39, 0.29) is 5.76 Å². The fourth-order valence-electron chi connectivity index (χ4n) is 4.41. The molecule has 2 unspecified atom stereocenters. The van der Waals surface area contributed by atoms with Crippen molar-refractivity contribution in [3.63, 3.8) is 0 Å². The van der Waals surface area contributed by atoms with E-state index in [1.165, 1.54) is 32.4 Å². The second kappa shape index (κ2) is 25.6. The van der Waals surface area contributed by atoms with Gasteiger partial charge in [0, 0.05) is 31.2 Å². The smallest absolute Gasteiger partial charge is 0.207 e. The first-order valence-electron chi connectivity index (χ1n) is 15.7. The summed E-state index contributed by atoms with van der Waals surface area (Å²) in [4.78, 5) is 15.0. The van der Waals surface area contributed by atoms with Crippen LogP contribution in [0.15, 0.2) is 97.1 Å². The maximum Gasteiger partial charge on any atom is 0.207 e. The van der Waals surface area contributed by atoms with Crippen molar-refractivity contribution in [3.8, 4) is 0 Å². The van der Waals surface area contributed by atoms with Crippen molar-refractivity contribution in [1.29, 1.82) is 0 Å². The van der Waals surface area contributed by atoms with Gasteiger partial charge in [0.2, 0.25) is 6.41 Å². The molecule has 4 rings (SSSR count). The third kappa shape index (κ3) is 18.6. The van der Waals surface area contributed by atoms with Crippen LogP contribution in [0, 0.1) is 5.92 Å². The molecule has 1 amide bonds. The lowest BCUT2D eigenvalue weighted by Crippen LogP contribution is -2.31. The Bertz CT molecular complexity index is 1090. The maximum atomic E-state index is 10.7. The van der Waals surface area contributed by atoms with E-state index in [2.05, 4.69) is 64.1 Å². The highest BCUT2D eigenvalue weighted by Gasteiger charge is 2.12. The molecule has 44 heavy (non-hydrogen) atoms. The van der Waals surface area contributed by atoms with Crippen LogP contribution in [-0.4, -0.2) is 54.4 Å². The van der Waals surface area contributed by atoms with E-state index < -0.39 is 6.04 Å². The Hall–Kier alpha value is -3.88. The lowest BCUT2D eigenvalue weighted by Gasteiger charge is -2.16. The number of amides is 1. The lowest BCUT2D eigenvalue weighted by molar-refractivity contribution is -0.110. The molecule has 1 fully saturated rings.